The molecule has 1 unspecified atom stereocenters. The summed E-state index contributed by atoms with van der Waals surface area (Å²) in [5.41, 5.74) is 1.28. The molecule has 1 fully saturated rings. The molecule has 100 valence electrons. The minimum absolute atomic E-state index is 0.598. The zero-order chi connectivity index (χ0) is 13.0. The molecule has 0 saturated carbocycles. The number of benzene rings is 1. The molecule has 1 aliphatic heterocycles. The number of hydrogen-bond donors (Lipinski definition) is 1. The zero-order valence-corrected chi connectivity index (χ0v) is 12.8. The van der Waals surface area contributed by atoms with Crippen LogP contribution in [0.3, 0.4) is 0 Å². The van der Waals surface area contributed by atoms with Crippen LogP contribution in [0.1, 0.15) is 6.92 Å². The molecule has 1 heterocycles. The highest BCUT2D eigenvalue weighted by molar-refractivity contribution is 9.10. The van der Waals surface area contributed by atoms with Crippen molar-refractivity contribution in [1.82, 2.24) is 10.2 Å². The predicted octanol–water partition coefficient (Wildman–Crippen LogP) is 2.18. The molecule has 18 heavy (non-hydrogen) atoms. The number of nitrogens with zero attached hydrogens (tertiary/aromatic N) is 2. The summed E-state index contributed by atoms with van der Waals surface area (Å²) in [6.45, 7) is 7.95. The molecule has 2 rings (SSSR count). The average molecular weight is 312 g/mol. The quantitative estimate of drug-likeness (QED) is 0.919. The van der Waals surface area contributed by atoms with Gasteiger partial charge in [-0.05, 0) is 31.2 Å². The molecular formula is C14H22BrN3. The molecule has 0 aromatic heterocycles. The van der Waals surface area contributed by atoms with Gasteiger partial charge in [-0.3, -0.25) is 4.90 Å². The Morgan fingerprint density at radius 2 is 1.89 bits per heavy atom. The largest absolute Gasteiger partial charge is 0.373 e. The summed E-state index contributed by atoms with van der Waals surface area (Å²) in [4.78, 5) is 4.89. The van der Waals surface area contributed by atoms with E-state index < -0.39 is 0 Å². The lowest BCUT2D eigenvalue weighted by molar-refractivity contribution is 0.187. The van der Waals surface area contributed by atoms with Gasteiger partial charge in [-0.25, -0.2) is 0 Å². The molecule has 1 saturated heterocycles. The third-order valence-electron chi connectivity index (χ3n) is 3.58. The monoisotopic (exact) mass is 311 g/mol. The normalized spacial score (nSPS) is 18.6. The van der Waals surface area contributed by atoms with Gasteiger partial charge < -0.3 is 10.2 Å². The Hall–Kier alpha value is -0.580. The molecule has 0 amide bonds. The molecule has 0 spiro atoms. The fraction of sp³-hybridized carbons (Fsp3) is 0.571. The molecule has 0 aliphatic carbocycles. The molecule has 0 bridgehead atoms. The summed E-state index contributed by atoms with van der Waals surface area (Å²) >= 11 is 3.47. The smallest absolute Gasteiger partial charge is 0.0364 e. The van der Waals surface area contributed by atoms with E-state index in [4.69, 9.17) is 0 Å². The molecule has 1 atom stereocenters. The summed E-state index contributed by atoms with van der Waals surface area (Å²) in [5, 5.41) is 3.40. The van der Waals surface area contributed by atoms with Crippen molar-refractivity contribution >= 4 is 21.6 Å². The maximum atomic E-state index is 3.47. The Morgan fingerprint density at radius 1 is 1.28 bits per heavy atom. The maximum absolute atomic E-state index is 3.47. The first kappa shape index (κ1) is 13.8. The molecule has 1 aromatic carbocycles. The van der Waals surface area contributed by atoms with E-state index in [9.17, 15) is 0 Å². The standard InChI is InChI=1S/C14H22BrN3/c1-12(18-9-7-16-8-10-18)11-17(2)14-5-3-13(15)4-6-14/h3-6,12,16H,7-11H2,1-2H3. The van der Waals surface area contributed by atoms with Crippen LogP contribution in [0.5, 0.6) is 0 Å². The lowest BCUT2D eigenvalue weighted by atomic mass is 10.2. The highest BCUT2D eigenvalue weighted by Gasteiger charge is 2.17. The van der Waals surface area contributed by atoms with E-state index >= 15 is 0 Å². The van der Waals surface area contributed by atoms with Gasteiger partial charge in [-0.2, -0.15) is 0 Å². The molecule has 1 aromatic rings. The van der Waals surface area contributed by atoms with Gasteiger partial charge in [0.2, 0.25) is 0 Å². The Bertz CT molecular complexity index is 360. The van der Waals surface area contributed by atoms with Gasteiger partial charge >= 0.3 is 0 Å². The van der Waals surface area contributed by atoms with E-state index in [2.05, 4.69) is 69.3 Å². The summed E-state index contributed by atoms with van der Waals surface area (Å²) < 4.78 is 1.13. The van der Waals surface area contributed by atoms with Crippen molar-refractivity contribution < 1.29 is 0 Å². The number of anilines is 1. The van der Waals surface area contributed by atoms with Crippen molar-refractivity contribution in [2.75, 3.05) is 44.7 Å². The van der Waals surface area contributed by atoms with Gasteiger partial charge in [0.15, 0.2) is 0 Å². The van der Waals surface area contributed by atoms with Crippen molar-refractivity contribution in [3.63, 3.8) is 0 Å². The fourth-order valence-corrected chi connectivity index (χ4v) is 2.70. The second-order valence-electron chi connectivity index (χ2n) is 4.99. The van der Waals surface area contributed by atoms with Crippen molar-refractivity contribution in [3.8, 4) is 0 Å². The maximum Gasteiger partial charge on any atom is 0.0364 e. The molecule has 4 heteroatoms. The van der Waals surface area contributed by atoms with Gasteiger partial charge in [-0.1, -0.05) is 15.9 Å². The summed E-state index contributed by atoms with van der Waals surface area (Å²) in [6.07, 6.45) is 0. The van der Waals surface area contributed by atoms with E-state index in [1.54, 1.807) is 0 Å². The summed E-state index contributed by atoms with van der Waals surface area (Å²) in [6, 6.07) is 9.12. The van der Waals surface area contributed by atoms with E-state index in [1.165, 1.54) is 5.69 Å². The number of hydrogen-bond acceptors (Lipinski definition) is 3. The Kier molecular flexibility index (Phi) is 5.03. The summed E-state index contributed by atoms with van der Waals surface area (Å²) in [7, 11) is 2.17. The minimum atomic E-state index is 0.598. The summed E-state index contributed by atoms with van der Waals surface area (Å²) in [5.74, 6) is 0. The van der Waals surface area contributed by atoms with Crippen LogP contribution in [0.2, 0.25) is 0 Å². The average Bonchev–Trinajstić information content (AvgIpc) is 2.40. The van der Waals surface area contributed by atoms with Crippen LogP contribution in [-0.4, -0.2) is 50.7 Å². The van der Waals surface area contributed by atoms with Gasteiger partial charge in [0.1, 0.15) is 0 Å². The zero-order valence-electron chi connectivity index (χ0n) is 11.2. The lowest BCUT2D eigenvalue weighted by Gasteiger charge is -2.35. The van der Waals surface area contributed by atoms with Crippen LogP contribution in [0.25, 0.3) is 0 Å². The van der Waals surface area contributed by atoms with Crippen LogP contribution in [0, 0.1) is 0 Å². The topological polar surface area (TPSA) is 18.5 Å². The number of halogens is 1. The first-order chi connectivity index (χ1) is 8.66. The van der Waals surface area contributed by atoms with Crippen molar-refractivity contribution in [3.05, 3.63) is 28.7 Å². The molecular weight excluding hydrogens is 290 g/mol. The van der Waals surface area contributed by atoms with Crippen LogP contribution < -0.4 is 10.2 Å². The number of rotatable bonds is 4. The number of piperazine rings is 1. The van der Waals surface area contributed by atoms with Crippen LogP contribution >= 0.6 is 15.9 Å². The van der Waals surface area contributed by atoms with Crippen LogP contribution in [0.15, 0.2) is 28.7 Å². The van der Waals surface area contributed by atoms with Gasteiger partial charge in [0.05, 0.1) is 0 Å². The number of likely N-dealkylation sites (N-methyl/N-ethyl adjacent to an activating group) is 1. The molecule has 1 N–H and O–H groups in total. The van der Waals surface area contributed by atoms with Gasteiger partial charge in [-0.15, -0.1) is 0 Å². The Morgan fingerprint density at radius 3 is 2.50 bits per heavy atom. The molecule has 3 nitrogen and oxygen atoms in total. The van der Waals surface area contributed by atoms with E-state index in [0.717, 1.165) is 37.2 Å². The highest BCUT2D eigenvalue weighted by Crippen LogP contribution is 2.18. The fourth-order valence-electron chi connectivity index (χ4n) is 2.44. The van der Waals surface area contributed by atoms with Crippen molar-refractivity contribution in [1.29, 1.82) is 0 Å². The van der Waals surface area contributed by atoms with Gasteiger partial charge in [0.25, 0.3) is 0 Å². The predicted molar refractivity (Wildman–Crippen MR) is 81.3 cm³/mol. The highest BCUT2D eigenvalue weighted by atomic mass is 79.9. The lowest BCUT2D eigenvalue weighted by Crippen LogP contribution is -2.50. The van der Waals surface area contributed by atoms with Crippen molar-refractivity contribution in [2.45, 2.75) is 13.0 Å². The molecule has 0 radical (unpaired) electrons. The van der Waals surface area contributed by atoms with Crippen molar-refractivity contribution in [2.24, 2.45) is 0 Å². The third kappa shape index (κ3) is 3.70. The van der Waals surface area contributed by atoms with E-state index in [-0.39, 0.29) is 0 Å². The van der Waals surface area contributed by atoms with E-state index in [1.807, 2.05) is 0 Å². The SMILES string of the molecule is CC(CN(C)c1ccc(Br)cc1)N1CCNCC1. The second kappa shape index (κ2) is 6.55. The first-order valence-electron chi connectivity index (χ1n) is 6.58. The Labute approximate surface area is 118 Å². The number of nitrogens with one attached hydrogen (secondary N) is 1. The van der Waals surface area contributed by atoms with E-state index in [0.29, 0.717) is 6.04 Å². The first-order valence-corrected chi connectivity index (χ1v) is 7.37. The van der Waals surface area contributed by atoms with Crippen LogP contribution in [-0.2, 0) is 0 Å². The van der Waals surface area contributed by atoms with Crippen LogP contribution in [0.4, 0.5) is 5.69 Å². The second-order valence-corrected chi connectivity index (χ2v) is 5.91. The molecule has 1 aliphatic rings. The Balaban J connectivity index is 1.89. The third-order valence-corrected chi connectivity index (χ3v) is 4.11. The minimum Gasteiger partial charge on any atom is -0.373 e. The van der Waals surface area contributed by atoms with Gasteiger partial charge in [0, 0.05) is 56.0 Å².